The molecule has 7 nitrogen and oxygen atoms in total. The Kier molecular flexibility index (Phi) is 6.50. The SMILES string of the molecule is CCc1ccc(NC(=O)c2oc3c(c2C)/C(=N/NC(=O)c2cncc(Br)c2)CCC3)cc1. The molecule has 1 aliphatic rings. The number of nitrogens with one attached hydrogen (secondary N) is 2. The quantitative estimate of drug-likeness (QED) is 0.486. The van der Waals surface area contributed by atoms with E-state index in [0.717, 1.165) is 36.1 Å². The highest BCUT2D eigenvalue weighted by Crippen LogP contribution is 2.30. The van der Waals surface area contributed by atoms with Crippen molar-refractivity contribution in [3.8, 4) is 0 Å². The minimum atomic E-state index is -0.354. The molecule has 0 saturated carbocycles. The Bertz CT molecular complexity index is 1200. The Morgan fingerprint density at radius 2 is 1.94 bits per heavy atom. The summed E-state index contributed by atoms with van der Waals surface area (Å²) >= 11 is 3.31. The summed E-state index contributed by atoms with van der Waals surface area (Å²) in [4.78, 5) is 29.3. The molecule has 4 rings (SSSR count). The normalized spacial score (nSPS) is 14.2. The minimum absolute atomic E-state index is 0.270. The van der Waals surface area contributed by atoms with Crippen LogP contribution < -0.4 is 10.7 Å². The van der Waals surface area contributed by atoms with Gasteiger partial charge in [-0.2, -0.15) is 5.10 Å². The van der Waals surface area contributed by atoms with Crippen LogP contribution in [-0.2, 0) is 12.8 Å². The molecule has 2 heterocycles. The predicted octanol–water partition coefficient (Wildman–Crippen LogP) is 5.03. The average Bonchev–Trinajstić information content (AvgIpc) is 3.15. The largest absolute Gasteiger partial charge is 0.455 e. The van der Waals surface area contributed by atoms with Crippen LogP contribution in [0.25, 0.3) is 0 Å². The van der Waals surface area contributed by atoms with Crippen molar-refractivity contribution in [1.29, 1.82) is 0 Å². The number of amides is 2. The van der Waals surface area contributed by atoms with Gasteiger partial charge in [-0.1, -0.05) is 19.1 Å². The molecule has 1 aromatic carbocycles. The molecule has 0 unspecified atom stereocenters. The Labute approximate surface area is 194 Å². The third kappa shape index (κ3) is 4.65. The number of halogens is 1. The third-order valence-electron chi connectivity index (χ3n) is 5.41. The first-order chi connectivity index (χ1) is 15.5. The molecule has 0 bridgehead atoms. The minimum Gasteiger partial charge on any atom is -0.455 e. The van der Waals surface area contributed by atoms with Gasteiger partial charge >= 0.3 is 0 Å². The Morgan fingerprint density at radius 3 is 2.66 bits per heavy atom. The zero-order chi connectivity index (χ0) is 22.7. The summed E-state index contributed by atoms with van der Waals surface area (Å²) in [5.74, 6) is 0.335. The Hall–Kier alpha value is -3.26. The number of hydrogen-bond acceptors (Lipinski definition) is 5. The second-order valence-corrected chi connectivity index (χ2v) is 8.52. The predicted molar refractivity (Wildman–Crippen MR) is 126 cm³/mol. The molecule has 1 aliphatic carbocycles. The lowest BCUT2D eigenvalue weighted by Crippen LogP contribution is -2.22. The van der Waals surface area contributed by atoms with Gasteiger partial charge in [0.2, 0.25) is 0 Å². The summed E-state index contributed by atoms with van der Waals surface area (Å²) in [6, 6.07) is 9.42. The molecule has 2 amide bonds. The summed E-state index contributed by atoms with van der Waals surface area (Å²) in [6.45, 7) is 3.93. The van der Waals surface area contributed by atoms with Crippen molar-refractivity contribution in [2.75, 3.05) is 5.32 Å². The van der Waals surface area contributed by atoms with E-state index in [1.54, 1.807) is 12.3 Å². The molecule has 0 fully saturated rings. The van der Waals surface area contributed by atoms with Gasteiger partial charge in [-0.25, -0.2) is 5.43 Å². The number of aromatic nitrogens is 1. The molecule has 0 aliphatic heterocycles. The van der Waals surface area contributed by atoms with Crippen molar-refractivity contribution in [3.63, 3.8) is 0 Å². The molecule has 0 saturated heterocycles. The fraction of sp³-hybridized carbons (Fsp3) is 0.250. The zero-order valence-corrected chi connectivity index (χ0v) is 19.5. The smallest absolute Gasteiger partial charge is 0.291 e. The fourth-order valence-corrected chi connectivity index (χ4v) is 4.09. The molecule has 0 atom stereocenters. The lowest BCUT2D eigenvalue weighted by Gasteiger charge is -2.13. The maximum Gasteiger partial charge on any atom is 0.291 e. The number of fused-ring (bicyclic) bond motifs is 1. The van der Waals surface area contributed by atoms with Gasteiger partial charge in [0.25, 0.3) is 11.8 Å². The van der Waals surface area contributed by atoms with Gasteiger partial charge in [0.1, 0.15) is 5.76 Å². The molecule has 0 spiro atoms. The highest BCUT2D eigenvalue weighted by molar-refractivity contribution is 9.10. The highest BCUT2D eigenvalue weighted by Gasteiger charge is 2.28. The van der Waals surface area contributed by atoms with Crippen LogP contribution in [0.2, 0.25) is 0 Å². The van der Waals surface area contributed by atoms with Gasteiger partial charge in [0, 0.05) is 40.1 Å². The van der Waals surface area contributed by atoms with Gasteiger partial charge in [-0.15, -0.1) is 0 Å². The van der Waals surface area contributed by atoms with E-state index >= 15 is 0 Å². The van der Waals surface area contributed by atoms with Crippen molar-refractivity contribution in [2.45, 2.75) is 39.5 Å². The van der Waals surface area contributed by atoms with Crippen molar-refractivity contribution in [2.24, 2.45) is 5.10 Å². The van der Waals surface area contributed by atoms with Crippen molar-refractivity contribution < 1.29 is 14.0 Å². The number of hydrazone groups is 1. The molecule has 164 valence electrons. The zero-order valence-electron chi connectivity index (χ0n) is 17.9. The first-order valence-corrected chi connectivity index (χ1v) is 11.3. The van der Waals surface area contributed by atoms with Crippen molar-refractivity contribution in [1.82, 2.24) is 10.4 Å². The molecular formula is C24H23BrN4O3. The number of rotatable bonds is 5. The van der Waals surface area contributed by atoms with Crippen molar-refractivity contribution >= 4 is 39.1 Å². The standard InChI is InChI=1S/C24H23BrN4O3/c1-3-15-7-9-18(10-8-15)27-24(31)22-14(2)21-19(5-4-6-20(21)32-22)28-29-23(30)16-11-17(25)13-26-12-16/h7-13H,3-6H2,1-2H3,(H,27,31)(H,29,30)/b28-19+. The van der Waals surface area contributed by atoms with Crippen LogP contribution in [0.5, 0.6) is 0 Å². The van der Waals surface area contributed by atoms with Crippen LogP contribution in [0.1, 0.15) is 63.1 Å². The van der Waals surface area contributed by atoms with Crippen LogP contribution in [-0.4, -0.2) is 22.5 Å². The summed E-state index contributed by atoms with van der Waals surface area (Å²) in [6.07, 6.45) is 6.25. The number of aryl methyl sites for hydroxylation is 2. The van der Waals surface area contributed by atoms with E-state index in [1.165, 1.54) is 11.8 Å². The number of benzene rings is 1. The maximum absolute atomic E-state index is 12.9. The average molecular weight is 495 g/mol. The van der Waals surface area contributed by atoms with E-state index < -0.39 is 0 Å². The molecule has 3 aromatic rings. The summed E-state index contributed by atoms with van der Waals surface area (Å²) in [7, 11) is 0. The van der Waals surface area contributed by atoms with Gasteiger partial charge in [-0.05, 0) is 65.9 Å². The topological polar surface area (TPSA) is 96.6 Å². The molecule has 0 radical (unpaired) electrons. The lowest BCUT2D eigenvalue weighted by molar-refractivity contribution is 0.0953. The van der Waals surface area contributed by atoms with Gasteiger partial charge in [0.15, 0.2) is 5.76 Å². The number of pyridine rings is 1. The maximum atomic E-state index is 12.9. The van der Waals surface area contributed by atoms with Crippen LogP contribution in [0.3, 0.4) is 0 Å². The van der Waals surface area contributed by atoms with E-state index in [9.17, 15) is 9.59 Å². The van der Waals surface area contributed by atoms with Crippen molar-refractivity contribution in [3.05, 3.63) is 81.0 Å². The number of nitrogens with zero attached hydrogens (tertiary/aromatic N) is 2. The Balaban J connectivity index is 1.54. The van der Waals surface area contributed by atoms with Crippen LogP contribution in [0, 0.1) is 6.92 Å². The number of carbonyl (C=O) groups is 2. The second kappa shape index (κ2) is 9.48. The Morgan fingerprint density at radius 1 is 1.16 bits per heavy atom. The fourth-order valence-electron chi connectivity index (χ4n) is 3.73. The van der Waals surface area contributed by atoms with Gasteiger partial charge in [0.05, 0.1) is 11.3 Å². The van der Waals surface area contributed by atoms with Gasteiger partial charge in [-0.3, -0.25) is 14.6 Å². The number of anilines is 1. The van der Waals surface area contributed by atoms with Crippen LogP contribution in [0.4, 0.5) is 5.69 Å². The molecule has 32 heavy (non-hydrogen) atoms. The summed E-state index contributed by atoms with van der Waals surface area (Å²) in [5, 5.41) is 7.25. The lowest BCUT2D eigenvalue weighted by atomic mass is 9.93. The van der Waals surface area contributed by atoms with Crippen LogP contribution >= 0.6 is 15.9 Å². The second-order valence-electron chi connectivity index (χ2n) is 7.60. The third-order valence-corrected chi connectivity index (χ3v) is 5.85. The van der Waals surface area contributed by atoms with E-state index in [2.05, 4.69) is 43.7 Å². The first-order valence-electron chi connectivity index (χ1n) is 10.5. The number of hydrogen-bond donors (Lipinski definition) is 2. The summed E-state index contributed by atoms with van der Waals surface area (Å²) < 4.78 is 6.64. The monoisotopic (exact) mass is 494 g/mol. The van der Waals surface area contributed by atoms with Gasteiger partial charge < -0.3 is 9.73 Å². The van der Waals surface area contributed by atoms with E-state index in [4.69, 9.17) is 4.42 Å². The first kappa shape index (κ1) is 22.0. The van der Waals surface area contributed by atoms with E-state index in [-0.39, 0.29) is 17.6 Å². The highest BCUT2D eigenvalue weighted by atomic mass is 79.9. The van der Waals surface area contributed by atoms with Crippen LogP contribution in [0.15, 0.2) is 56.7 Å². The van der Waals surface area contributed by atoms with E-state index in [1.807, 2.05) is 31.2 Å². The molecule has 2 aromatic heterocycles. The number of carbonyl (C=O) groups excluding carboxylic acids is 2. The summed E-state index contributed by atoms with van der Waals surface area (Å²) in [5.41, 5.74) is 7.14. The molecule has 2 N–H and O–H groups in total. The molecule has 8 heteroatoms. The number of furan rings is 1. The van der Waals surface area contributed by atoms with E-state index in [0.29, 0.717) is 27.9 Å². The molecular weight excluding hydrogens is 472 g/mol.